The third-order valence-electron chi connectivity index (χ3n) is 13.1. The van der Waals surface area contributed by atoms with Crippen LogP contribution in [0.2, 0.25) is 0 Å². The molecule has 0 saturated carbocycles. The molecule has 16 nitrogen and oxygen atoms in total. The minimum atomic E-state index is -1.09. The summed E-state index contributed by atoms with van der Waals surface area (Å²) in [6, 6.07) is 11.6. The van der Waals surface area contributed by atoms with Crippen LogP contribution in [0.3, 0.4) is 0 Å². The fraction of sp³-hybridized carbons (Fsp3) is 0.457. The second-order valence-electron chi connectivity index (χ2n) is 17.6. The molecule has 3 saturated heterocycles. The number of guanidine groups is 1. The van der Waals surface area contributed by atoms with E-state index in [9.17, 15) is 24.3 Å². The standard InChI is InChI=1S/C46H52F2N10O6/c1-26-5-4-14-64-45-34(20-49-54(45)3)38-17-30(15-27(2)50-38)42(61)53-46-51-37-8-6-28(16-39(37)58(46)21-26)22-56-12-13-57(24-32(56)25-59)44(63)29-10-11-55(23-29)31-18-35(47)41(36(48)19-31)33-7-9-40(60)52-43(33)62/h6,8,15-20,26,29,32-33,59H,4-5,7,9-14,21-25H2,1-3H3,(H,51,53,61)(H,52,60,62)/t26-,29-,32-,33-/m1/s1. The first-order valence-corrected chi connectivity index (χ1v) is 22.0. The van der Waals surface area contributed by atoms with Gasteiger partial charge in [-0.25, -0.2) is 13.5 Å². The predicted octanol–water partition coefficient (Wildman–Crippen LogP) is 4.36. The molecule has 336 valence electrons. The van der Waals surface area contributed by atoms with Crippen LogP contribution in [0.25, 0.3) is 11.3 Å². The number of nitrogens with zero attached hydrogens (tertiary/aromatic N) is 8. The number of nitrogens with one attached hydrogen (secondary N) is 2. The average molecular weight is 879 g/mol. The molecule has 0 spiro atoms. The van der Waals surface area contributed by atoms with Gasteiger partial charge in [0.15, 0.2) is 0 Å². The Morgan fingerprint density at radius 3 is 2.56 bits per heavy atom. The molecule has 0 unspecified atom stereocenters. The van der Waals surface area contributed by atoms with Gasteiger partial charge in [-0.15, -0.1) is 0 Å². The van der Waals surface area contributed by atoms with Crippen molar-refractivity contribution in [3.05, 3.63) is 82.7 Å². The third kappa shape index (κ3) is 8.55. The molecule has 2 aromatic carbocycles. The Bertz CT molecular complexity index is 2520. The summed E-state index contributed by atoms with van der Waals surface area (Å²) >= 11 is 0. The first-order valence-electron chi connectivity index (χ1n) is 22.0. The molecule has 2 aromatic heterocycles. The number of anilines is 3. The second-order valence-corrected chi connectivity index (χ2v) is 17.6. The maximum atomic E-state index is 15.3. The van der Waals surface area contributed by atoms with E-state index in [0.29, 0.717) is 92.3 Å². The Morgan fingerprint density at radius 1 is 0.969 bits per heavy atom. The zero-order valence-corrected chi connectivity index (χ0v) is 36.1. The van der Waals surface area contributed by atoms with Crippen molar-refractivity contribution in [2.24, 2.45) is 23.9 Å². The number of aryl methyl sites for hydroxylation is 2. The van der Waals surface area contributed by atoms with Gasteiger partial charge in [-0.2, -0.15) is 10.1 Å². The molecule has 18 heteroatoms. The van der Waals surface area contributed by atoms with Gasteiger partial charge >= 0.3 is 0 Å². The largest absolute Gasteiger partial charge is 0.477 e. The van der Waals surface area contributed by atoms with E-state index in [1.54, 1.807) is 32.8 Å². The Kier molecular flexibility index (Phi) is 11.9. The topological polar surface area (TPSA) is 178 Å². The van der Waals surface area contributed by atoms with Crippen molar-refractivity contribution < 1.29 is 37.8 Å². The van der Waals surface area contributed by atoms with Crippen LogP contribution < -0.4 is 25.2 Å². The van der Waals surface area contributed by atoms with Crippen LogP contribution in [-0.4, -0.2) is 118 Å². The fourth-order valence-corrected chi connectivity index (χ4v) is 9.67. The summed E-state index contributed by atoms with van der Waals surface area (Å²) in [5.74, 6) is -3.60. The van der Waals surface area contributed by atoms with E-state index >= 15 is 8.78 Å². The highest BCUT2D eigenvalue weighted by Crippen LogP contribution is 2.37. The van der Waals surface area contributed by atoms with Gasteiger partial charge in [-0.3, -0.25) is 34.4 Å². The molecular weight excluding hydrogens is 827 g/mol. The van der Waals surface area contributed by atoms with E-state index in [1.165, 1.54) is 12.1 Å². The van der Waals surface area contributed by atoms with Crippen LogP contribution in [0, 0.1) is 30.4 Å². The smallest absolute Gasteiger partial charge is 0.280 e. The molecule has 0 aliphatic carbocycles. The van der Waals surface area contributed by atoms with Crippen LogP contribution >= 0.6 is 0 Å². The number of halogens is 2. The lowest BCUT2D eigenvalue weighted by atomic mass is 9.89. The van der Waals surface area contributed by atoms with Gasteiger partial charge in [0.25, 0.3) is 5.91 Å². The Morgan fingerprint density at radius 2 is 1.78 bits per heavy atom. The van der Waals surface area contributed by atoms with Crippen LogP contribution in [0.1, 0.15) is 72.1 Å². The summed E-state index contributed by atoms with van der Waals surface area (Å²) in [5.41, 5.74) is 5.01. The van der Waals surface area contributed by atoms with E-state index in [2.05, 4.69) is 48.5 Å². The molecule has 64 heavy (non-hydrogen) atoms. The lowest BCUT2D eigenvalue weighted by molar-refractivity contribution is -0.138. The van der Waals surface area contributed by atoms with Crippen molar-refractivity contribution in [2.45, 2.75) is 64.5 Å². The normalized spacial score (nSPS) is 23.8. The Labute approximate surface area is 369 Å². The molecule has 2 bridgehead atoms. The van der Waals surface area contributed by atoms with Crippen LogP contribution in [0.15, 0.2) is 53.7 Å². The third-order valence-corrected chi connectivity index (χ3v) is 13.1. The van der Waals surface area contributed by atoms with Crippen molar-refractivity contribution in [1.82, 2.24) is 29.9 Å². The molecule has 5 aliphatic heterocycles. The molecular formula is C46H52F2N10O6. The maximum absolute atomic E-state index is 15.3. The van der Waals surface area contributed by atoms with Crippen molar-refractivity contribution in [1.29, 1.82) is 0 Å². The number of carbonyl (C=O) groups excluding carboxylic acids is 4. The molecule has 0 radical (unpaired) electrons. The summed E-state index contributed by atoms with van der Waals surface area (Å²) in [6.07, 6.45) is 3.90. The number of ether oxygens (including phenoxy) is 1. The molecule has 4 amide bonds. The first kappa shape index (κ1) is 43.0. The fourth-order valence-electron chi connectivity index (χ4n) is 9.67. The summed E-state index contributed by atoms with van der Waals surface area (Å²) in [6.45, 7) is 7.46. The van der Waals surface area contributed by atoms with E-state index in [0.717, 1.165) is 29.8 Å². The summed E-state index contributed by atoms with van der Waals surface area (Å²) in [7, 11) is 1.82. The van der Waals surface area contributed by atoms with Crippen LogP contribution in [0.5, 0.6) is 5.88 Å². The first-order chi connectivity index (χ1) is 30.8. The molecule has 7 heterocycles. The number of rotatable bonds is 6. The van der Waals surface area contributed by atoms with Crippen molar-refractivity contribution in [3.63, 3.8) is 0 Å². The summed E-state index contributed by atoms with van der Waals surface area (Å²) < 4.78 is 38.6. The number of benzene rings is 2. The van der Waals surface area contributed by atoms with Crippen LogP contribution in [0.4, 0.5) is 25.8 Å². The van der Waals surface area contributed by atoms with Crippen molar-refractivity contribution in [3.8, 4) is 17.1 Å². The summed E-state index contributed by atoms with van der Waals surface area (Å²) in [4.78, 5) is 68.8. The Hall–Kier alpha value is -6.27. The van der Waals surface area contributed by atoms with Gasteiger partial charge in [0.1, 0.15) is 11.6 Å². The number of aromatic nitrogens is 3. The van der Waals surface area contributed by atoms with Crippen molar-refractivity contribution in [2.75, 3.05) is 67.6 Å². The van der Waals surface area contributed by atoms with E-state index in [4.69, 9.17) is 4.74 Å². The minimum Gasteiger partial charge on any atom is -0.477 e. The van der Waals surface area contributed by atoms with Gasteiger partial charge in [-0.05, 0) is 80.5 Å². The number of imide groups is 1. The average Bonchev–Trinajstić information content (AvgIpc) is 3.99. The van der Waals surface area contributed by atoms with Gasteiger partial charge in [0, 0.05) is 81.8 Å². The number of aliphatic hydroxyl groups is 1. The molecule has 5 aliphatic rings. The zero-order valence-electron chi connectivity index (χ0n) is 36.1. The van der Waals surface area contributed by atoms with Gasteiger partial charge in [-0.1, -0.05) is 13.0 Å². The van der Waals surface area contributed by atoms with Gasteiger partial charge < -0.3 is 29.9 Å². The summed E-state index contributed by atoms with van der Waals surface area (Å²) in [5, 5.41) is 20.5. The number of hydrogen-bond acceptors (Lipinski definition) is 12. The zero-order chi connectivity index (χ0) is 44.8. The highest BCUT2D eigenvalue weighted by atomic mass is 19.1. The van der Waals surface area contributed by atoms with Gasteiger partial charge in [0.05, 0.1) is 59.9 Å². The number of aliphatic hydroxyl groups excluding tert-OH is 1. The highest BCUT2D eigenvalue weighted by Gasteiger charge is 2.38. The van der Waals surface area contributed by atoms with E-state index in [1.807, 2.05) is 26.1 Å². The number of pyridine rings is 1. The second kappa shape index (κ2) is 17.7. The predicted molar refractivity (Wildman–Crippen MR) is 234 cm³/mol. The number of piperidine rings is 1. The van der Waals surface area contributed by atoms with E-state index in [-0.39, 0.29) is 49.4 Å². The Balaban J connectivity index is 0.868. The lowest BCUT2D eigenvalue weighted by Gasteiger charge is -2.41. The quantitative estimate of drug-likeness (QED) is 0.234. The number of amides is 4. The number of hydrogen-bond donors (Lipinski definition) is 3. The number of piperazine rings is 1. The molecule has 4 aromatic rings. The number of carbonyl (C=O) groups is 4. The SMILES string of the molecule is Cc1cc2cc(n1)-c1cnn(C)c1OCCC[C@@H](C)CN1/C(=N/C2=O)Nc2ccc(CN3CCN(C(=O)[C@@H]4CCN(c5cc(F)c([C@H]6CCC(=O)NC6=O)c(F)c5)C4)C[C@@H]3CO)cc21. The molecule has 4 atom stereocenters. The minimum absolute atomic E-state index is 0.00445. The molecule has 3 fully saturated rings. The molecule has 9 rings (SSSR count). The maximum Gasteiger partial charge on any atom is 0.280 e. The van der Waals surface area contributed by atoms with Gasteiger partial charge in [0.2, 0.25) is 29.6 Å². The number of aliphatic imine (C=N–C) groups is 1. The van der Waals surface area contributed by atoms with Crippen molar-refractivity contribution >= 4 is 46.7 Å². The lowest BCUT2D eigenvalue weighted by Crippen LogP contribution is -2.56. The van der Waals surface area contributed by atoms with E-state index < -0.39 is 41.2 Å². The molecule has 3 N–H and O–H groups in total. The highest BCUT2D eigenvalue weighted by molar-refractivity contribution is 6.19. The number of fused-ring (bicyclic) bond motifs is 7. The van der Waals surface area contributed by atoms with Crippen LogP contribution in [-0.2, 0) is 28.0 Å². The monoisotopic (exact) mass is 878 g/mol.